The van der Waals surface area contributed by atoms with Crippen molar-refractivity contribution >= 4 is 11.9 Å². The van der Waals surface area contributed by atoms with Crippen LogP contribution in [0.1, 0.15) is 68.5 Å². The molecular formula is C29H38N2O3. The molecule has 34 heavy (non-hydrogen) atoms. The van der Waals surface area contributed by atoms with E-state index in [1.54, 1.807) is 0 Å². The Balaban J connectivity index is 1.22. The topological polar surface area (TPSA) is 49.9 Å². The number of hydrogen-bond donors (Lipinski definition) is 0. The number of ether oxygens (including phenoxy) is 1. The zero-order chi connectivity index (χ0) is 23.8. The first-order chi connectivity index (χ1) is 16.6. The molecule has 2 aromatic rings. The number of methoxy groups -OCH3 is 1. The molecule has 0 bridgehead atoms. The molecule has 0 saturated carbocycles. The first-order valence-corrected chi connectivity index (χ1v) is 12.8. The van der Waals surface area contributed by atoms with Gasteiger partial charge in [0.15, 0.2) is 0 Å². The average Bonchev–Trinajstić information content (AvgIpc) is 2.86. The van der Waals surface area contributed by atoms with E-state index < -0.39 is 0 Å². The molecule has 2 aliphatic heterocycles. The van der Waals surface area contributed by atoms with Crippen LogP contribution in [0, 0.1) is 5.41 Å². The van der Waals surface area contributed by atoms with Crippen molar-refractivity contribution in [2.75, 3.05) is 33.3 Å². The Kier molecular flexibility index (Phi) is 8.39. The Morgan fingerprint density at radius 1 is 0.824 bits per heavy atom. The minimum atomic E-state index is -0.146. The Hall–Kier alpha value is -2.66. The van der Waals surface area contributed by atoms with E-state index in [2.05, 4.69) is 75.2 Å². The Bertz CT molecular complexity index is 875. The number of carbonyl (C=O) groups excluding carboxylic acids is 2. The summed E-state index contributed by atoms with van der Waals surface area (Å²) in [5.41, 5.74) is 3.01. The normalized spacial score (nSPS) is 17.5. The van der Waals surface area contributed by atoms with Gasteiger partial charge in [0.2, 0.25) is 5.91 Å². The van der Waals surface area contributed by atoms with Crippen LogP contribution in [0.2, 0.25) is 0 Å². The zero-order valence-corrected chi connectivity index (χ0v) is 20.5. The quantitative estimate of drug-likeness (QED) is 0.359. The van der Waals surface area contributed by atoms with Gasteiger partial charge >= 0.3 is 5.97 Å². The minimum Gasteiger partial charge on any atom is -0.469 e. The molecule has 5 nitrogen and oxygen atoms in total. The zero-order valence-electron chi connectivity index (χ0n) is 20.5. The fraction of sp³-hybridized carbons (Fsp3) is 0.517. The van der Waals surface area contributed by atoms with E-state index >= 15 is 0 Å². The maximum atomic E-state index is 12.6. The molecule has 0 aliphatic carbocycles. The van der Waals surface area contributed by atoms with Gasteiger partial charge in [0.05, 0.1) is 13.2 Å². The van der Waals surface area contributed by atoms with Crippen LogP contribution in [0.15, 0.2) is 60.7 Å². The molecule has 4 rings (SSSR count). The highest BCUT2D eigenvalue weighted by molar-refractivity contribution is 5.77. The van der Waals surface area contributed by atoms with Gasteiger partial charge in [0, 0.05) is 31.3 Å². The lowest BCUT2D eigenvalue weighted by molar-refractivity contribution is -0.147. The second-order valence-electron chi connectivity index (χ2n) is 10.0. The van der Waals surface area contributed by atoms with E-state index in [4.69, 9.17) is 0 Å². The number of rotatable bonds is 10. The molecule has 0 N–H and O–H groups in total. The summed E-state index contributed by atoms with van der Waals surface area (Å²) in [5, 5.41) is 0. The molecule has 2 aliphatic rings. The molecule has 0 radical (unpaired) electrons. The van der Waals surface area contributed by atoms with Crippen molar-refractivity contribution in [3.05, 3.63) is 71.8 Å². The van der Waals surface area contributed by atoms with Gasteiger partial charge in [0.25, 0.3) is 0 Å². The van der Waals surface area contributed by atoms with Crippen molar-refractivity contribution < 1.29 is 14.3 Å². The van der Waals surface area contributed by atoms with Gasteiger partial charge in [-0.2, -0.15) is 0 Å². The van der Waals surface area contributed by atoms with E-state index in [1.165, 1.54) is 18.2 Å². The van der Waals surface area contributed by atoms with Gasteiger partial charge in [-0.05, 0) is 49.9 Å². The van der Waals surface area contributed by atoms with Crippen molar-refractivity contribution in [2.45, 2.75) is 57.4 Å². The van der Waals surface area contributed by atoms with Crippen molar-refractivity contribution in [3.8, 4) is 0 Å². The second kappa shape index (κ2) is 11.7. The van der Waals surface area contributed by atoms with E-state index in [9.17, 15) is 9.59 Å². The fourth-order valence-corrected chi connectivity index (χ4v) is 5.56. The largest absolute Gasteiger partial charge is 0.469 e. The van der Waals surface area contributed by atoms with Gasteiger partial charge in [-0.1, -0.05) is 73.5 Å². The predicted molar refractivity (Wildman–Crippen MR) is 134 cm³/mol. The van der Waals surface area contributed by atoms with Crippen LogP contribution in [-0.4, -0.2) is 55.0 Å². The summed E-state index contributed by atoms with van der Waals surface area (Å²) in [4.78, 5) is 28.5. The third-order valence-electron chi connectivity index (χ3n) is 7.61. The van der Waals surface area contributed by atoms with Crippen LogP contribution in [0.4, 0.5) is 0 Å². The lowest BCUT2D eigenvalue weighted by Crippen LogP contribution is -2.62. The standard InChI is InChI=1S/C29H38N2O3/c1-34-27(33)17-11-3-2-10-16-26(32)31-22-29(23-31)18-20-30(21-19-29)28(24-12-6-4-7-13-24)25-14-8-5-9-15-25/h4-9,12-15,28H,2-3,10-11,16-23H2,1H3. The molecule has 2 aromatic carbocycles. The second-order valence-corrected chi connectivity index (χ2v) is 10.0. The highest BCUT2D eigenvalue weighted by atomic mass is 16.5. The fourth-order valence-electron chi connectivity index (χ4n) is 5.56. The summed E-state index contributed by atoms with van der Waals surface area (Å²) < 4.78 is 4.67. The number of benzene rings is 2. The summed E-state index contributed by atoms with van der Waals surface area (Å²) in [6, 6.07) is 21.9. The number of esters is 1. The number of carbonyl (C=O) groups is 2. The van der Waals surface area contributed by atoms with Gasteiger partial charge in [-0.25, -0.2) is 0 Å². The van der Waals surface area contributed by atoms with Crippen LogP contribution in [0.3, 0.4) is 0 Å². The van der Waals surface area contributed by atoms with E-state index in [-0.39, 0.29) is 12.0 Å². The molecule has 2 saturated heterocycles. The number of likely N-dealkylation sites (tertiary alicyclic amines) is 2. The molecule has 1 spiro atoms. The summed E-state index contributed by atoms with van der Waals surface area (Å²) in [5.74, 6) is 0.152. The van der Waals surface area contributed by atoms with E-state index in [0.29, 0.717) is 24.2 Å². The summed E-state index contributed by atoms with van der Waals surface area (Å²) in [6.07, 6.45) is 7.14. The maximum absolute atomic E-state index is 12.6. The van der Waals surface area contributed by atoms with Crippen LogP contribution in [0.5, 0.6) is 0 Å². The minimum absolute atomic E-state index is 0.146. The molecular weight excluding hydrogens is 424 g/mol. The molecule has 0 atom stereocenters. The molecule has 2 heterocycles. The highest BCUT2D eigenvalue weighted by Gasteiger charge is 2.47. The lowest BCUT2D eigenvalue weighted by atomic mass is 9.71. The highest BCUT2D eigenvalue weighted by Crippen LogP contribution is 2.43. The average molecular weight is 463 g/mol. The predicted octanol–water partition coefficient (Wildman–Crippen LogP) is 5.21. The third kappa shape index (κ3) is 6.06. The van der Waals surface area contributed by atoms with Gasteiger partial charge < -0.3 is 9.64 Å². The maximum Gasteiger partial charge on any atom is 0.305 e. The van der Waals surface area contributed by atoms with E-state index in [1.807, 2.05) is 0 Å². The molecule has 1 amide bonds. The van der Waals surface area contributed by atoms with Crippen LogP contribution < -0.4 is 0 Å². The summed E-state index contributed by atoms with van der Waals surface area (Å²) in [7, 11) is 1.43. The number of unbranched alkanes of at least 4 members (excludes halogenated alkanes) is 3. The first-order valence-electron chi connectivity index (χ1n) is 12.8. The third-order valence-corrected chi connectivity index (χ3v) is 7.61. The molecule has 182 valence electrons. The van der Waals surface area contributed by atoms with Gasteiger partial charge in [-0.15, -0.1) is 0 Å². The van der Waals surface area contributed by atoms with Crippen molar-refractivity contribution in [1.29, 1.82) is 0 Å². The number of piperidine rings is 1. The number of hydrogen-bond acceptors (Lipinski definition) is 4. The number of amides is 1. The smallest absolute Gasteiger partial charge is 0.305 e. The number of nitrogens with zero attached hydrogens (tertiary/aromatic N) is 2. The van der Waals surface area contributed by atoms with Crippen LogP contribution in [-0.2, 0) is 14.3 Å². The van der Waals surface area contributed by atoms with Crippen molar-refractivity contribution in [3.63, 3.8) is 0 Å². The summed E-state index contributed by atoms with van der Waals surface area (Å²) in [6.45, 7) is 3.97. The monoisotopic (exact) mass is 462 g/mol. The van der Waals surface area contributed by atoms with Crippen LogP contribution >= 0.6 is 0 Å². The molecule has 2 fully saturated rings. The molecule has 0 aromatic heterocycles. The van der Waals surface area contributed by atoms with Crippen molar-refractivity contribution in [1.82, 2.24) is 9.80 Å². The lowest BCUT2D eigenvalue weighted by Gasteiger charge is -2.55. The molecule has 5 heteroatoms. The Labute approximate surface area is 204 Å². The van der Waals surface area contributed by atoms with Gasteiger partial charge in [-0.3, -0.25) is 14.5 Å². The first kappa shape index (κ1) is 24.5. The summed E-state index contributed by atoms with van der Waals surface area (Å²) >= 11 is 0. The SMILES string of the molecule is COC(=O)CCCCCCC(=O)N1CC2(CCN(C(c3ccccc3)c3ccccc3)CC2)C1. The van der Waals surface area contributed by atoms with Gasteiger partial charge in [0.1, 0.15) is 0 Å². The Morgan fingerprint density at radius 2 is 1.35 bits per heavy atom. The Morgan fingerprint density at radius 3 is 1.88 bits per heavy atom. The van der Waals surface area contributed by atoms with E-state index in [0.717, 1.165) is 64.7 Å². The van der Waals surface area contributed by atoms with Crippen LogP contribution in [0.25, 0.3) is 0 Å². The molecule has 0 unspecified atom stereocenters. The van der Waals surface area contributed by atoms with Crippen molar-refractivity contribution in [2.24, 2.45) is 5.41 Å².